The Labute approximate surface area is 104 Å². The highest BCUT2D eigenvalue weighted by atomic mass is 19.1. The Morgan fingerprint density at radius 3 is 2.53 bits per heavy atom. The number of hydrogen-bond acceptors (Lipinski definition) is 1. The lowest BCUT2D eigenvalue weighted by molar-refractivity contribution is 0.260. The summed E-state index contributed by atoms with van der Waals surface area (Å²) < 4.78 is 13.2. The zero-order chi connectivity index (χ0) is 12.3. The van der Waals surface area contributed by atoms with E-state index in [-0.39, 0.29) is 5.82 Å². The molecule has 17 heavy (non-hydrogen) atoms. The van der Waals surface area contributed by atoms with Crippen LogP contribution in [0, 0.1) is 5.82 Å². The first-order valence-corrected chi connectivity index (χ1v) is 6.75. The molecule has 0 radical (unpaired) electrons. The third kappa shape index (κ3) is 3.06. The Bertz CT molecular complexity index is 358. The van der Waals surface area contributed by atoms with Gasteiger partial charge in [-0.15, -0.1) is 0 Å². The molecule has 0 bridgehead atoms. The molecule has 1 saturated carbocycles. The van der Waals surface area contributed by atoms with E-state index in [1.807, 2.05) is 6.07 Å². The van der Waals surface area contributed by atoms with Gasteiger partial charge < -0.3 is 0 Å². The lowest BCUT2D eigenvalue weighted by atomic mass is 10.1. The first kappa shape index (κ1) is 12.6. The normalized spacial score (nSPS) is 23.1. The molecule has 1 aromatic rings. The Kier molecular flexibility index (Phi) is 4.16. The number of halogens is 1. The van der Waals surface area contributed by atoms with Crippen LogP contribution in [-0.4, -0.2) is 24.0 Å². The highest BCUT2D eigenvalue weighted by molar-refractivity contribution is 5.28. The van der Waals surface area contributed by atoms with Gasteiger partial charge in [0, 0.05) is 12.0 Å². The molecule has 0 unspecified atom stereocenters. The first-order valence-electron chi connectivity index (χ1n) is 6.75. The van der Waals surface area contributed by atoms with Crippen LogP contribution in [-0.2, 0) is 0 Å². The van der Waals surface area contributed by atoms with Crippen LogP contribution < -0.4 is 0 Å². The van der Waals surface area contributed by atoms with Crippen molar-refractivity contribution in [2.75, 3.05) is 13.1 Å². The highest BCUT2D eigenvalue weighted by Gasteiger charge is 2.41. The number of benzene rings is 1. The minimum absolute atomic E-state index is 0.106. The summed E-state index contributed by atoms with van der Waals surface area (Å²) in [4.78, 5) is 2.57. The first-order chi connectivity index (χ1) is 8.26. The van der Waals surface area contributed by atoms with Crippen LogP contribution in [0.25, 0.3) is 0 Å². The van der Waals surface area contributed by atoms with Crippen molar-refractivity contribution in [3.8, 4) is 0 Å². The van der Waals surface area contributed by atoms with E-state index in [0.29, 0.717) is 12.0 Å². The van der Waals surface area contributed by atoms with Crippen LogP contribution in [0.3, 0.4) is 0 Å². The fraction of sp³-hybridized carbons (Fsp3) is 0.600. The summed E-state index contributed by atoms with van der Waals surface area (Å²) in [5, 5.41) is 0. The lowest BCUT2D eigenvalue weighted by Crippen LogP contribution is -2.28. The molecule has 1 aliphatic rings. The third-order valence-electron chi connectivity index (χ3n) is 3.52. The summed E-state index contributed by atoms with van der Waals surface area (Å²) in [6, 6.07) is 7.75. The summed E-state index contributed by atoms with van der Waals surface area (Å²) in [5.74, 6) is 0.453. The number of rotatable bonds is 6. The Morgan fingerprint density at radius 2 is 1.94 bits per heavy atom. The van der Waals surface area contributed by atoms with Crippen LogP contribution in [0.2, 0.25) is 0 Å². The summed E-state index contributed by atoms with van der Waals surface area (Å²) in [5.41, 5.74) is 1.17. The zero-order valence-corrected chi connectivity index (χ0v) is 10.8. The van der Waals surface area contributed by atoms with E-state index in [4.69, 9.17) is 0 Å². The molecule has 1 nitrogen and oxygen atoms in total. The standard InChI is InChI=1S/C15H22FN/c1-3-8-17(9-4-2)15-11-14(15)12-6-5-7-13(16)10-12/h5-7,10,14-15H,3-4,8-9,11H2,1-2H3/t14-,15+/m1/s1. The van der Waals surface area contributed by atoms with Crippen molar-refractivity contribution < 1.29 is 4.39 Å². The molecule has 2 rings (SSSR count). The van der Waals surface area contributed by atoms with Gasteiger partial charge in [0.05, 0.1) is 0 Å². The van der Waals surface area contributed by atoms with Crippen molar-refractivity contribution in [1.29, 1.82) is 0 Å². The molecular weight excluding hydrogens is 213 g/mol. The van der Waals surface area contributed by atoms with Gasteiger partial charge in [-0.1, -0.05) is 26.0 Å². The summed E-state index contributed by atoms with van der Waals surface area (Å²) in [6.07, 6.45) is 3.60. The summed E-state index contributed by atoms with van der Waals surface area (Å²) in [6.45, 7) is 6.79. The highest BCUT2D eigenvalue weighted by Crippen LogP contribution is 2.44. The van der Waals surface area contributed by atoms with Gasteiger partial charge in [0.2, 0.25) is 0 Å². The van der Waals surface area contributed by atoms with Crippen LogP contribution in [0.1, 0.15) is 44.6 Å². The molecule has 0 saturated heterocycles. The lowest BCUT2D eigenvalue weighted by Gasteiger charge is -2.21. The van der Waals surface area contributed by atoms with Crippen molar-refractivity contribution in [3.63, 3.8) is 0 Å². The minimum atomic E-state index is -0.106. The molecule has 0 amide bonds. The van der Waals surface area contributed by atoms with E-state index >= 15 is 0 Å². The van der Waals surface area contributed by atoms with Crippen molar-refractivity contribution in [2.24, 2.45) is 0 Å². The molecule has 0 heterocycles. The number of nitrogens with zero attached hydrogens (tertiary/aromatic N) is 1. The molecular formula is C15H22FN. The summed E-state index contributed by atoms with van der Waals surface area (Å²) >= 11 is 0. The smallest absolute Gasteiger partial charge is 0.123 e. The average molecular weight is 235 g/mol. The second-order valence-corrected chi connectivity index (χ2v) is 5.00. The van der Waals surface area contributed by atoms with Crippen molar-refractivity contribution in [2.45, 2.75) is 45.1 Å². The van der Waals surface area contributed by atoms with Gasteiger partial charge in [-0.25, -0.2) is 4.39 Å². The molecule has 94 valence electrons. The van der Waals surface area contributed by atoms with Crippen molar-refractivity contribution in [3.05, 3.63) is 35.6 Å². The molecule has 0 aliphatic heterocycles. The molecule has 1 aromatic carbocycles. The van der Waals surface area contributed by atoms with Crippen LogP contribution in [0.15, 0.2) is 24.3 Å². The Balaban J connectivity index is 1.98. The molecule has 1 fully saturated rings. The van der Waals surface area contributed by atoms with Crippen LogP contribution >= 0.6 is 0 Å². The maximum atomic E-state index is 13.2. The Morgan fingerprint density at radius 1 is 1.24 bits per heavy atom. The van der Waals surface area contributed by atoms with E-state index in [2.05, 4.69) is 24.8 Å². The van der Waals surface area contributed by atoms with E-state index in [1.54, 1.807) is 6.07 Å². The molecule has 0 N–H and O–H groups in total. The van der Waals surface area contributed by atoms with Crippen molar-refractivity contribution in [1.82, 2.24) is 4.90 Å². The second-order valence-electron chi connectivity index (χ2n) is 5.00. The molecule has 1 aliphatic carbocycles. The van der Waals surface area contributed by atoms with Gasteiger partial charge in [-0.05, 0) is 50.0 Å². The zero-order valence-electron chi connectivity index (χ0n) is 10.8. The predicted octanol–water partition coefficient (Wildman–Crippen LogP) is 3.80. The van der Waals surface area contributed by atoms with E-state index in [9.17, 15) is 4.39 Å². The van der Waals surface area contributed by atoms with Gasteiger partial charge in [-0.2, -0.15) is 0 Å². The summed E-state index contributed by atoms with van der Waals surface area (Å²) in [7, 11) is 0. The fourth-order valence-electron chi connectivity index (χ4n) is 2.70. The number of hydrogen-bond donors (Lipinski definition) is 0. The maximum absolute atomic E-state index is 13.2. The van der Waals surface area contributed by atoms with E-state index < -0.39 is 0 Å². The van der Waals surface area contributed by atoms with Crippen molar-refractivity contribution >= 4 is 0 Å². The topological polar surface area (TPSA) is 3.24 Å². The second kappa shape index (κ2) is 5.63. The monoisotopic (exact) mass is 235 g/mol. The predicted molar refractivity (Wildman–Crippen MR) is 69.7 cm³/mol. The average Bonchev–Trinajstić information content (AvgIpc) is 3.09. The van der Waals surface area contributed by atoms with E-state index in [0.717, 1.165) is 0 Å². The Hall–Kier alpha value is -0.890. The van der Waals surface area contributed by atoms with Crippen LogP contribution in [0.5, 0.6) is 0 Å². The van der Waals surface area contributed by atoms with Gasteiger partial charge in [0.15, 0.2) is 0 Å². The van der Waals surface area contributed by atoms with Gasteiger partial charge in [0.25, 0.3) is 0 Å². The molecule has 0 aromatic heterocycles. The third-order valence-corrected chi connectivity index (χ3v) is 3.52. The molecule has 2 heteroatoms. The largest absolute Gasteiger partial charge is 0.300 e. The maximum Gasteiger partial charge on any atom is 0.123 e. The fourth-order valence-corrected chi connectivity index (χ4v) is 2.70. The van der Waals surface area contributed by atoms with E-state index in [1.165, 1.54) is 44.0 Å². The quantitative estimate of drug-likeness (QED) is 0.725. The van der Waals surface area contributed by atoms with Crippen LogP contribution in [0.4, 0.5) is 4.39 Å². The minimum Gasteiger partial charge on any atom is -0.300 e. The van der Waals surface area contributed by atoms with Gasteiger partial charge in [0.1, 0.15) is 5.82 Å². The van der Waals surface area contributed by atoms with Gasteiger partial charge in [-0.3, -0.25) is 4.90 Å². The van der Waals surface area contributed by atoms with Gasteiger partial charge >= 0.3 is 0 Å². The molecule has 2 atom stereocenters. The SMILES string of the molecule is CCCN(CCC)[C@H]1C[C@@H]1c1cccc(F)c1. The molecule has 0 spiro atoms.